The number of hydrogen-bond acceptors (Lipinski definition) is 6. The Morgan fingerprint density at radius 2 is 1.97 bits per heavy atom. The van der Waals surface area contributed by atoms with Crippen molar-refractivity contribution in [3.8, 4) is 11.5 Å². The van der Waals surface area contributed by atoms with Crippen LogP contribution in [0.25, 0.3) is 0 Å². The Morgan fingerprint density at radius 3 is 2.65 bits per heavy atom. The van der Waals surface area contributed by atoms with Crippen LogP contribution in [-0.2, 0) is 11.4 Å². The quantitative estimate of drug-likeness (QED) is 0.542. The number of anilines is 1. The van der Waals surface area contributed by atoms with Crippen LogP contribution in [0, 0.1) is 6.92 Å². The van der Waals surface area contributed by atoms with Crippen LogP contribution in [-0.4, -0.2) is 27.7 Å². The van der Waals surface area contributed by atoms with Crippen molar-refractivity contribution in [3.05, 3.63) is 75.2 Å². The summed E-state index contributed by atoms with van der Waals surface area (Å²) in [5.74, 6) is 1.72. The molecule has 0 amide bonds. The Morgan fingerprint density at radius 1 is 1.23 bits per heavy atom. The molecule has 2 heterocycles. The Hall–Kier alpha value is -3.13. The van der Waals surface area contributed by atoms with E-state index in [1.165, 1.54) is 11.9 Å². The molecule has 0 spiro atoms. The number of allylic oxidation sites excluding steroid dienone is 2. The van der Waals surface area contributed by atoms with Crippen LogP contribution < -0.4 is 14.8 Å². The number of hydrogen-bond donors (Lipinski definition) is 1. The van der Waals surface area contributed by atoms with E-state index in [2.05, 4.69) is 50.4 Å². The van der Waals surface area contributed by atoms with Gasteiger partial charge >= 0.3 is 0 Å². The maximum absolute atomic E-state index is 12.5. The van der Waals surface area contributed by atoms with Crippen LogP contribution in [0.1, 0.15) is 36.6 Å². The number of ether oxygens (including phenoxy) is 2. The average Bonchev–Trinajstić information content (AvgIpc) is 3.20. The molecule has 0 fully saturated rings. The second kappa shape index (κ2) is 8.55. The molecule has 4 rings (SSSR count). The topological polar surface area (TPSA) is 78.3 Å². The van der Waals surface area contributed by atoms with E-state index in [1.807, 2.05) is 31.2 Å². The van der Waals surface area contributed by atoms with Crippen molar-refractivity contribution in [3.63, 3.8) is 0 Å². The lowest BCUT2D eigenvalue weighted by molar-refractivity contribution is -0.114. The molecule has 3 aromatic rings. The Kier molecular flexibility index (Phi) is 5.82. The summed E-state index contributed by atoms with van der Waals surface area (Å²) >= 11 is 3.63. The first-order valence-electron chi connectivity index (χ1n) is 9.83. The number of methoxy groups -OCH3 is 1. The summed E-state index contributed by atoms with van der Waals surface area (Å²) in [6.45, 7) is 5.89. The van der Waals surface area contributed by atoms with Gasteiger partial charge in [-0.3, -0.25) is 4.79 Å². The lowest BCUT2D eigenvalue weighted by atomic mass is 9.93. The molecule has 1 aliphatic rings. The number of carbonyl (C=O) groups excluding carboxylic acids is 1. The van der Waals surface area contributed by atoms with E-state index in [0.717, 1.165) is 21.3 Å². The number of rotatable bonds is 6. The van der Waals surface area contributed by atoms with E-state index in [9.17, 15) is 4.79 Å². The number of aromatic nitrogens is 3. The molecule has 1 unspecified atom stereocenters. The first-order chi connectivity index (χ1) is 14.9. The van der Waals surface area contributed by atoms with Gasteiger partial charge in [-0.15, -0.1) is 0 Å². The van der Waals surface area contributed by atoms with Crippen LogP contribution in [0.3, 0.4) is 0 Å². The zero-order chi connectivity index (χ0) is 22.1. The van der Waals surface area contributed by atoms with Gasteiger partial charge in [0.25, 0.3) is 0 Å². The van der Waals surface area contributed by atoms with Gasteiger partial charge in [-0.05, 0) is 60.0 Å². The van der Waals surface area contributed by atoms with E-state index in [4.69, 9.17) is 9.47 Å². The van der Waals surface area contributed by atoms with Gasteiger partial charge in [0.05, 0.1) is 11.6 Å². The largest absolute Gasteiger partial charge is 0.493 e. The third kappa shape index (κ3) is 4.07. The van der Waals surface area contributed by atoms with Crippen molar-refractivity contribution < 1.29 is 14.3 Å². The van der Waals surface area contributed by atoms with Crippen molar-refractivity contribution in [2.24, 2.45) is 0 Å². The molecule has 1 atom stereocenters. The number of aryl methyl sites for hydroxylation is 1. The number of nitrogens with one attached hydrogen (secondary N) is 1. The highest BCUT2D eigenvalue weighted by Crippen LogP contribution is 2.42. The highest BCUT2D eigenvalue weighted by Gasteiger charge is 2.32. The lowest BCUT2D eigenvalue weighted by Gasteiger charge is -2.28. The van der Waals surface area contributed by atoms with Crippen molar-refractivity contribution in [1.29, 1.82) is 0 Å². The number of benzene rings is 2. The normalized spacial score (nSPS) is 15.3. The Bertz CT molecular complexity index is 1170. The molecule has 7 nitrogen and oxygen atoms in total. The predicted molar refractivity (Wildman–Crippen MR) is 121 cm³/mol. The zero-order valence-corrected chi connectivity index (χ0v) is 19.4. The highest BCUT2D eigenvalue weighted by atomic mass is 79.9. The fourth-order valence-electron chi connectivity index (χ4n) is 3.73. The number of Topliss-reactive ketones (excluding diaryl/α,β-unsaturated/α-hetero) is 1. The molecule has 0 saturated heterocycles. The van der Waals surface area contributed by atoms with Crippen molar-refractivity contribution in [2.75, 3.05) is 12.4 Å². The minimum atomic E-state index is -0.424. The predicted octanol–water partition coefficient (Wildman–Crippen LogP) is 4.81. The Balaban J connectivity index is 1.72. The minimum Gasteiger partial charge on any atom is -0.493 e. The smallest absolute Gasteiger partial charge is 0.226 e. The first kappa shape index (κ1) is 21.1. The van der Waals surface area contributed by atoms with Crippen molar-refractivity contribution in [2.45, 2.75) is 33.4 Å². The maximum Gasteiger partial charge on any atom is 0.226 e. The summed E-state index contributed by atoms with van der Waals surface area (Å²) in [7, 11) is 1.60. The van der Waals surface area contributed by atoms with Gasteiger partial charge in [0.2, 0.25) is 5.95 Å². The van der Waals surface area contributed by atoms with Gasteiger partial charge < -0.3 is 14.8 Å². The fourth-order valence-corrected chi connectivity index (χ4v) is 4.31. The molecule has 2 aromatic carbocycles. The maximum atomic E-state index is 12.5. The molecule has 0 saturated carbocycles. The summed E-state index contributed by atoms with van der Waals surface area (Å²) in [6.07, 6.45) is 1.47. The van der Waals surface area contributed by atoms with Gasteiger partial charge in [0.1, 0.15) is 19.0 Å². The van der Waals surface area contributed by atoms with Gasteiger partial charge in [-0.25, -0.2) is 4.68 Å². The van der Waals surface area contributed by atoms with E-state index in [0.29, 0.717) is 29.6 Å². The molecular formula is C23H23BrN4O3. The average molecular weight is 483 g/mol. The molecule has 8 heteroatoms. The molecule has 0 bridgehead atoms. The summed E-state index contributed by atoms with van der Waals surface area (Å²) in [6, 6.07) is 11.6. The monoisotopic (exact) mass is 482 g/mol. The van der Waals surface area contributed by atoms with Crippen LogP contribution in [0.5, 0.6) is 11.5 Å². The molecule has 0 aliphatic carbocycles. The lowest BCUT2D eigenvalue weighted by Crippen LogP contribution is -2.27. The molecule has 31 heavy (non-hydrogen) atoms. The van der Waals surface area contributed by atoms with Crippen LogP contribution in [0.2, 0.25) is 0 Å². The number of halogens is 1. The summed E-state index contributed by atoms with van der Waals surface area (Å²) in [4.78, 5) is 16.7. The van der Waals surface area contributed by atoms with Crippen molar-refractivity contribution >= 4 is 27.7 Å². The second-order valence-electron chi connectivity index (χ2n) is 7.46. The molecule has 0 radical (unpaired) electrons. The molecule has 160 valence electrons. The molecule has 1 aliphatic heterocycles. The fraction of sp³-hybridized carbons (Fsp3) is 0.261. The number of carbonyl (C=O) groups is 1. The first-order valence-corrected chi connectivity index (χ1v) is 10.6. The van der Waals surface area contributed by atoms with Gasteiger partial charge in [0.15, 0.2) is 17.3 Å². The number of nitrogens with zero attached hydrogens (tertiary/aromatic N) is 3. The van der Waals surface area contributed by atoms with E-state index in [1.54, 1.807) is 18.7 Å². The highest BCUT2D eigenvalue weighted by molar-refractivity contribution is 9.10. The third-order valence-electron chi connectivity index (χ3n) is 5.24. The van der Waals surface area contributed by atoms with E-state index < -0.39 is 6.04 Å². The van der Waals surface area contributed by atoms with Crippen molar-refractivity contribution in [1.82, 2.24) is 14.8 Å². The number of fused-ring (bicyclic) bond motifs is 1. The Labute approximate surface area is 189 Å². The van der Waals surface area contributed by atoms with Crippen LogP contribution >= 0.6 is 15.9 Å². The standard InChI is InChI=1S/C23H23BrN4O3/c1-13-5-7-16(8-6-13)11-31-22-18(24)9-17(10-19(22)30-4)21-20(15(3)29)14(2)27-23-25-12-26-28(21)23/h5-10,12,21H,11H2,1-4H3,(H,25,26,27). The molecule has 1 aromatic heterocycles. The van der Waals surface area contributed by atoms with Gasteiger partial charge in [-0.1, -0.05) is 29.8 Å². The van der Waals surface area contributed by atoms with Crippen LogP contribution in [0.4, 0.5) is 5.95 Å². The second-order valence-corrected chi connectivity index (χ2v) is 8.31. The summed E-state index contributed by atoms with van der Waals surface area (Å²) in [5, 5.41) is 7.49. The van der Waals surface area contributed by atoms with Gasteiger partial charge in [-0.2, -0.15) is 10.1 Å². The molecular weight excluding hydrogens is 460 g/mol. The van der Waals surface area contributed by atoms with E-state index >= 15 is 0 Å². The summed E-state index contributed by atoms with van der Waals surface area (Å²) < 4.78 is 14.2. The zero-order valence-electron chi connectivity index (χ0n) is 17.8. The summed E-state index contributed by atoms with van der Waals surface area (Å²) in [5.41, 5.74) is 4.48. The SMILES string of the molecule is COc1cc(C2C(C(C)=O)=C(C)Nc3ncnn32)cc(Br)c1OCc1ccc(C)cc1. The van der Waals surface area contributed by atoms with E-state index in [-0.39, 0.29) is 5.78 Å². The molecule has 1 N–H and O–H groups in total. The number of ketones is 1. The van der Waals surface area contributed by atoms with Crippen LogP contribution in [0.15, 0.2) is 58.5 Å². The minimum absolute atomic E-state index is 0.0362. The van der Waals surface area contributed by atoms with Gasteiger partial charge in [0, 0.05) is 11.3 Å². The third-order valence-corrected chi connectivity index (χ3v) is 5.83.